The van der Waals surface area contributed by atoms with E-state index in [0.717, 1.165) is 36.8 Å². The molecular formula is C17H27ClN2O2S. The summed E-state index contributed by atoms with van der Waals surface area (Å²) in [6.07, 6.45) is 1.94. The van der Waals surface area contributed by atoms with E-state index < -0.39 is 5.60 Å². The lowest BCUT2D eigenvalue weighted by Gasteiger charge is -2.24. The van der Waals surface area contributed by atoms with Crippen molar-refractivity contribution < 1.29 is 9.53 Å². The summed E-state index contributed by atoms with van der Waals surface area (Å²) in [6.45, 7) is 10.4. The number of ether oxygens (including phenoxy) is 1. The molecule has 130 valence electrons. The number of hydrogen-bond donors (Lipinski definition) is 1. The second-order valence-corrected chi connectivity index (χ2v) is 8.77. The van der Waals surface area contributed by atoms with Gasteiger partial charge in [-0.3, -0.25) is 0 Å². The molecule has 0 saturated carbocycles. The van der Waals surface area contributed by atoms with Crippen molar-refractivity contribution >= 4 is 29.0 Å². The van der Waals surface area contributed by atoms with Gasteiger partial charge in [-0.05, 0) is 70.0 Å². The van der Waals surface area contributed by atoms with E-state index in [2.05, 4.69) is 17.6 Å². The molecule has 1 N–H and O–H groups in total. The van der Waals surface area contributed by atoms with Crippen LogP contribution in [-0.4, -0.2) is 36.2 Å². The third-order valence-electron chi connectivity index (χ3n) is 4.03. The Hall–Kier alpha value is -0.780. The van der Waals surface area contributed by atoms with Crippen molar-refractivity contribution in [3.05, 3.63) is 21.3 Å². The van der Waals surface area contributed by atoms with E-state index >= 15 is 0 Å². The molecular weight excluding hydrogens is 332 g/mol. The number of nitrogens with one attached hydrogen (secondary N) is 1. The number of likely N-dealkylation sites (tertiary alicyclic amines) is 1. The molecule has 1 fully saturated rings. The Morgan fingerprint density at radius 1 is 1.57 bits per heavy atom. The Morgan fingerprint density at radius 3 is 2.91 bits per heavy atom. The third kappa shape index (κ3) is 5.98. The standard InChI is InChI=1S/C17H27ClN2O2S/c1-12(14-9-15(18)23-11-14)19-7-5-13-6-8-20(10-13)16(21)22-17(2,3)4/h9,11-13,19H,5-8,10H2,1-4H3. The quantitative estimate of drug-likeness (QED) is 0.829. The number of hydrogen-bond acceptors (Lipinski definition) is 4. The molecule has 1 saturated heterocycles. The van der Waals surface area contributed by atoms with Crippen molar-refractivity contribution in [2.75, 3.05) is 19.6 Å². The van der Waals surface area contributed by atoms with Crippen LogP contribution in [0.15, 0.2) is 11.4 Å². The van der Waals surface area contributed by atoms with Crippen LogP contribution in [0, 0.1) is 5.92 Å². The van der Waals surface area contributed by atoms with Crippen LogP contribution in [-0.2, 0) is 4.74 Å². The SMILES string of the molecule is CC(NCCC1CCN(C(=O)OC(C)(C)C)C1)c1csc(Cl)c1. The summed E-state index contributed by atoms with van der Waals surface area (Å²) in [6, 6.07) is 2.33. The first-order valence-electron chi connectivity index (χ1n) is 8.20. The van der Waals surface area contributed by atoms with Gasteiger partial charge >= 0.3 is 6.09 Å². The molecule has 6 heteroatoms. The van der Waals surface area contributed by atoms with E-state index in [1.165, 1.54) is 5.56 Å². The van der Waals surface area contributed by atoms with Crippen molar-refractivity contribution in [1.82, 2.24) is 10.2 Å². The highest BCUT2D eigenvalue weighted by molar-refractivity contribution is 7.14. The van der Waals surface area contributed by atoms with Crippen LogP contribution in [0.3, 0.4) is 0 Å². The molecule has 0 spiro atoms. The van der Waals surface area contributed by atoms with E-state index in [4.69, 9.17) is 16.3 Å². The normalized spacial score (nSPS) is 19.9. The van der Waals surface area contributed by atoms with Gasteiger partial charge in [-0.2, -0.15) is 0 Å². The van der Waals surface area contributed by atoms with Gasteiger partial charge in [0.1, 0.15) is 5.60 Å². The summed E-state index contributed by atoms with van der Waals surface area (Å²) in [4.78, 5) is 13.9. The molecule has 1 amide bonds. The van der Waals surface area contributed by atoms with Crippen molar-refractivity contribution in [1.29, 1.82) is 0 Å². The maximum atomic E-state index is 12.1. The van der Waals surface area contributed by atoms with Gasteiger partial charge in [-0.15, -0.1) is 11.3 Å². The highest BCUT2D eigenvalue weighted by atomic mass is 35.5. The summed E-state index contributed by atoms with van der Waals surface area (Å²) in [7, 11) is 0. The monoisotopic (exact) mass is 358 g/mol. The van der Waals surface area contributed by atoms with Crippen LogP contribution in [0.4, 0.5) is 4.79 Å². The van der Waals surface area contributed by atoms with Gasteiger partial charge in [0.25, 0.3) is 0 Å². The Kier molecular flexibility index (Phi) is 6.34. The van der Waals surface area contributed by atoms with E-state index in [-0.39, 0.29) is 6.09 Å². The van der Waals surface area contributed by atoms with Gasteiger partial charge in [0, 0.05) is 19.1 Å². The molecule has 0 aliphatic carbocycles. The van der Waals surface area contributed by atoms with Gasteiger partial charge < -0.3 is 15.0 Å². The van der Waals surface area contributed by atoms with Crippen LogP contribution >= 0.6 is 22.9 Å². The van der Waals surface area contributed by atoms with Crippen molar-refractivity contribution in [2.45, 2.75) is 52.2 Å². The molecule has 2 heterocycles. The zero-order valence-corrected chi connectivity index (χ0v) is 16.0. The van der Waals surface area contributed by atoms with Crippen LogP contribution < -0.4 is 5.32 Å². The lowest BCUT2D eigenvalue weighted by atomic mass is 10.0. The number of carbonyl (C=O) groups is 1. The molecule has 1 aliphatic heterocycles. The first-order valence-corrected chi connectivity index (χ1v) is 9.45. The second kappa shape index (κ2) is 7.86. The lowest BCUT2D eigenvalue weighted by molar-refractivity contribution is 0.0287. The van der Waals surface area contributed by atoms with Crippen LogP contribution in [0.2, 0.25) is 4.34 Å². The summed E-state index contributed by atoms with van der Waals surface area (Å²) in [5.74, 6) is 0.549. The number of thiophene rings is 1. The first kappa shape index (κ1) is 18.6. The molecule has 23 heavy (non-hydrogen) atoms. The van der Waals surface area contributed by atoms with Gasteiger partial charge in [0.2, 0.25) is 0 Å². The molecule has 0 radical (unpaired) electrons. The minimum absolute atomic E-state index is 0.186. The van der Waals surface area contributed by atoms with Crippen molar-refractivity contribution in [3.63, 3.8) is 0 Å². The summed E-state index contributed by atoms with van der Waals surface area (Å²) >= 11 is 7.54. The molecule has 1 aromatic rings. The molecule has 2 unspecified atom stereocenters. The summed E-state index contributed by atoms with van der Waals surface area (Å²) < 4.78 is 6.26. The lowest BCUT2D eigenvalue weighted by Crippen LogP contribution is -2.35. The second-order valence-electron chi connectivity index (χ2n) is 7.23. The number of carbonyl (C=O) groups excluding carboxylic acids is 1. The zero-order valence-electron chi connectivity index (χ0n) is 14.4. The fourth-order valence-electron chi connectivity index (χ4n) is 2.73. The average Bonchev–Trinajstić information content (AvgIpc) is 3.05. The number of amides is 1. The van der Waals surface area contributed by atoms with E-state index in [9.17, 15) is 4.79 Å². The predicted molar refractivity (Wildman–Crippen MR) is 96.3 cm³/mol. The molecule has 1 aliphatic rings. The molecule has 1 aromatic heterocycles. The van der Waals surface area contributed by atoms with Gasteiger partial charge in [0.05, 0.1) is 4.34 Å². The van der Waals surface area contributed by atoms with Gasteiger partial charge in [0.15, 0.2) is 0 Å². The number of halogens is 1. The predicted octanol–water partition coefficient (Wildman–Crippen LogP) is 4.70. The van der Waals surface area contributed by atoms with Crippen LogP contribution in [0.1, 0.15) is 52.1 Å². The Morgan fingerprint density at radius 2 is 2.30 bits per heavy atom. The van der Waals surface area contributed by atoms with E-state index in [0.29, 0.717) is 12.0 Å². The highest BCUT2D eigenvalue weighted by Gasteiger charge is 2.29. The number of nitrogens with zero attached hydrogens (tertiary/aromatic N) is 1. The van der Waals surface area contributed by atoms with Crippen LogP contribution in [0.25, 0.3) is 0 Å². The van der Waals surface area contributed by atoms with Gasteiger partial charge in [-0.25, -0.2) is 4.79 Å². The third-order valence-corrected chi connectivity index (χ3v) is 5.14. The Balaban J connectivity index is 1.69. The van der Waals surface area contributed by atoms with E-state index in [1.54, 1.807) is 11.3 Å². The minimum Gasteiger partial charge on any atom is -0.444 e. The molecule has 4 nitrogen and oxygen atoms in total. The first-order chi connectivity index (χ1) is 10.7. The smallest absolute Gasteiger partial charge is 0.410 e. The maximum absolute atomic E-state index is 12.1. The topological polar surface area (TPSA) is 41.6 Å². The Labute approximate surface area is 148 Å². The molecule has 2 atom stereocenters. The average molecular weight is 359 g/mol. The van der Waals surface area contributed by atoms with E-state index in [1.807, 2.05) is 31.7 Å². The molecule has 0 bridgehead atoms. The fourth-order valence-corrected chi connectivity index (χ4v) is 3.72. The highest BCUT2D eigenvalue weighted by Crippen LogP contribution is 2.25. The molecule has 0 aromatic carbocycles. The largest absolute Gasteiger partial charge is 0.444 e. The van der Waals surface area contributed by atoms with Gasteiger partial charge in [-0.1, -0.05) is 11.6 Å². The Bertz CT molecular complexity index is 527. The fraction of sp³-hybridized carbons (Fsp3) is 0.706. The van der Waals surface area contributed by atoms with Crippen molar-refractivity contribution in [3.8, 4) is 0 Å². The summed E-state index contributed by atoms with van der Waals surface area (Å²) in [5.41, 5.74) is 0.815. The molecule has 2 rings (SSSR count). The van der Waals surface area contributed by atoms with Crippen molar-refractivity contribution in [2.24, 2.45) is 5.92 Å². The number of rotatable bonds is 5. The zero-order chi connectivity index (χ0) is 17.0. The minimum atomic E-state index is -0.423. The summed E-state index contributed by atoms with van der Waals surface area (Å²) in [5, 5.41) is 5.63. The van der Waals surface area contributed by atoms with Crippen LogP contribution in [0.5, 0.6) is 0 Å². The maximum Gasteiger partial charge on any atom is 0.410 e.